The van der Waals surface area contributed by atoms with Crippen LogP contribution in [0.2, 0.25) is 0 Å². The van der Waals surface area contributed by atoms with Crippen LogP contribution in [0.3, 0.4) is 0 Å². The number of aromatic nitrogens is 3. The zero-order valence-electron chi connectivity index (χ0n) is 17.0. The van der Waals surface area contributed by atoms with Crippen LogP contribution in [0, 0.1) is 0 Å². The molecule has 31 heavy (non-hydrogen) atoms. The zero-order valence-corrected chi connectivity index (χ0v) is 17.8. The molecule has 1 atom stereocenters. The molecule has 0 aliphatic carbocycles. The van der Waals surface area contributed by atoms with E-state index in [-0.39, 0.29) is 23.6 Å². The molecule has 158 valence electrons. The molecule has 0 unspecified atom stereocenters. The molecule has 2 aromatic heterocycles. The molecule has 8 nitrogen and oxygen atoms in total. The number of nitrogens with one attached hydrogen (secondary N) is 2. The fourth-order valence-electron chi connectivity index (χ4n) is 3.00. The summed E-state index contributed by atoms with van der Waals surface area (Å²) in [7, 11) is 1.82. The van der Waals surface area contributed by atoms with Gasteiger partial charge in [-0.3, -0.25) is 9.59 Å². The van der Waals surface area contributed by atoms with Crippen molar-refractivity contribution in [2.24, 2.45) is 7.05 Å². The van der Waals surface area contributed by atoms with Crippen LogP contribution in [0.5, 0.6) is 0 Å². The van der Waals surface area contributed by atoms with E-state index in [9.17, 15) is 9.59 Å². The van der Waals surface area contributed by atoms with E-state index in [1.807, 2.05) is 44.3 Å². The Morgan fingerprint density at radius 3 is 2.65 bits per heavy atom. The first-order chi connectivity index (χ1) is 15.0. The Hall–Kier alpha value is -3.59. The highest BCUT2D eigenvalue weighted by molar-refractivity contribution is 7.99. The molecule has 0 fully saturated rings. The summed E-state index contributed by atoms with van der Waals surface area (Å²) < 4.78 is 7.56. The van der Waals surface area contributed by atoms with Crippen molar-refractivity contribution < 1.29 is 14.0 Å². The quantitative estimate of drug-likeness (QED) is 0.428. The highest BCUT2D eigenvalue weighted by Gasteiger charge is 2.15. The average Bonchev–Trinajstić information content (AvgIpc) is 3.38. The smallest absolute Gasteiger partial charge is 0.251 e. The van der Waals surface area contributed by atoms with Crippen molar-refractivity contribution in [2.75, 3.05) is 11.1 Å². The number of fused-ring (bicyclic) bond motifs is 1. The molecule has 0 aliphatic rings. The summed E-state index contributed by atoms with van der Waals surface area (Å²) in [5, 5.41) is 15.1. The molecular formula is C22H21N5O3S. The Morgan fingerprint density at radius 2 is 1.94 bits per heavy atom. The van der Waals surface area contributed by atoms with Crippen LogP contribution in [-0.4, -0.2) is 32.3 Å². The molecule has 0 saturated heterocycles. The predicted octanol–water partition coefficient (Wildman–Crippen LogP) is 3.78. The van der Waals surface area contributed by atoms with Crippen molar-refractivity contribution in [2.45, 2.75) is 18.1 Å². The SMILES string of the molecule is C[C@@H](NC(=O)c1ccc(NC(=O)CSc2nncn2C)cc1)c1cc2ccccc2o1. The summed E-state index contributed by atoms with van der Waals surface area (Å²) in [5.41, 5.74) is 1.90. The summed E-state index contributed by atoms with van der Waals surface area (Å²) in [6.45, 7) is 1.87. The van der Waals surface area contributed by atoms with Crippen molar-refractivity contribution in [3.8, 4) is 0 Å². The van der Waals surface area contributed by atoms with E-state index in [1.165, 1.54) is 11.8 Å². The molecule has 4 rings (SSSR count). The molecule has 2 heterocycles. The molecule has 4 aromatic rings. The first-order valence-corrected chi connectivity index (χ1v) is 10.6. The van der Waals surface area contributed by atoms with E-state index >= 15 is 0 Å². The Bertz CT molecular complexity index is 1180. The Morgan fingerprint density at radius 1 is 1.16 bits per heavy atom. The molecule has 2 N–H and O–H groups in total. The average molecular weight is 436 g/mol. The fourth-order valence-corrected chi connectivity index (χ4v) is 3.69. The highest BCUT2D eigenvalue weighted by atomic mass is 32.2. The number of thioether (sulfide) groups is 1. The number of benzene rings is 2. The van der Waals surface area contributed by atoms with Crippen molar-refractivity contribution in [3.05, 3.63) is 72.2 Å². The van der Waals surface area contributed by atoms with Gasteiger partial charge in [0.2, 0.25) is 5.91 Å². The number of hydrogen-bond donors (Lipinski definition) is 2. The zero-order chi connectivity index (χ0) is 21.8. The topological polar surface area (TPSA) is 102 Å². The molecule has 9 heteroatoms. The van der Waals surface area contributed by atoms with E-state index in [0.29, 0.717) is 22.2 Å². The van der Waals surface area contributed by atoms with Gasteiger partial charge in [-0.1, -0.05) is 30.0 Å². The van der Waals surface area contributed by atoms with Gasteiger partial charge in [0.25, 0.3) is 5.91 Å². The maximum Gasteiger partial charge on any atom is 0.251 e. The largest absolute Gasteiger partial charge is 0.459 e. The maximum atomic E-state index is 12.6. The van der Waals surface area contributed by atoms with E-state index in [4.69, 9.17) is 4.42 Å². The third-order valence-electron chi connectivity index (χ3n) is 4.65. The van der Waals surface area contributed by atoms with Gasteiger partial charge in [-0.25, -0.2) is 0 Å². The molecule has 2 amide bonds. The Labute approximate surface area is 183 Å². The second-order valence-corrected chi connectivity index (χ2v) is 7.96. The maximum absolute atomic E-state index is 12.6. The second kappa shape index (κ2) is 9.05. The van der Waals surface area contributed by atoms with Crippen LogP contribution in [0.1, 0.15) is 29.1 Å². The number of rotatable bonds is 7. The van der Waals surface area contributed by atoms with Crippen molar-refractivity contribution in [1.29, 1.82) is 0 Å². The Balaban J connectivity index is 1.32. The van der Waals surface area contributed by atoms with Gasteiger partial charge in [0, 0.05) is 23.7 Å². The number of carbonyl (C=O) groups is 2. The Kier molecular flexibility index (Phi) is 6.03. The van der Waals surface area contributed by atoms with Gasteiger partial charge in [-0.2, -0.15) is 0 Å². The van der Waals surface area contributed by atoms with Gasteiger partial charge >= 0.3 is 0 Å². The summed E-state index contributed by atoms with van der Waals surface area (Å²) in [4.78, 5) is 24.7. The van der Waals surface area contributed by atoms with Crippen molar-refractivity contribution in [1.82, 2.24) is 20.1 Å². The van der Waals surface area contributed by atoms with Crippen LogP contribution in [0.25, 0.3) is 11.0 Å². The van der Waals surface area contributed by atoms with Gasteiger partial charge in [-0.15, -0.1) is 10.2 Å². The minimum atomic E-state index is -0.281. The van der Waals surface area contributed by atoms with Crippen LogP contribution in [0.15, 0.2) is 70.5 Å². The fraction of sp³-hybridized carbons (Fsp3) is 0.182. The lowest BCUT2D eigenvalue weighted by Gasteiger charge is -2.12. The lowest BCUT2D eigenvalue weighted by molar-refractivity contribution is -0.113. The summed E-state index contributed by atoms with van der Waals surface area (Å²) in [6, 6.07) is 16.1. The van der Waals surface area contributed by atoms with E-state index in [2.05, 4.69) is 20.8 Å². The summed E-state index contributed by atoms with van der Waals surface area (Å²) in [6.07, 6.45) is 1.58. The molecule has 0 spiro atoms. The third kappa shape index (κ3) is 4.95. The number of para-hydroxylation sites is 1. The van der Waals surface area contributed by atoms with Gasteiger partial charge in [-0.05, 0) is 43.3 Å². The van der Waals surface area contributed by atoms with Gasteiger partial charge in [0.05, 0.1) is 11.8 Å². The number of furan rings is 1. The molecule has 2 aromatic carbocycles. The minimum Gasteiger partial charge on any atom is -0.459 e. The van der Waals surface area contributed by atoms with E-state index in [0.717, 1.165) is 11.0 Å². The first-order valence-electron chi connectivity index (χ1n) is 9.65. The van der Waals surface area contributed by atoms with Crippen molar-refractivity contribution in [3.63, 3.8) is 0 Å². The van der Waals surface area contributed by atoms with Crippen LogP contribution in [0.4, 0.5) is 5.69 Å². The predicted molar refractivity (Wildman–Crippen MR) is 119 cm³/mol. The minimum absolute atomic E-state index is 0.163. The van der Waals surface area contributed by atoms with Gasteiger partial charge in [0.15, 0.2) is 5.16 Å². The number of carbonyl (C=O) groups excluding carboxylic acids is 2. The number of amides is 2. The molecule has 0 bridgehead atoms. The number of nitrogens with zero attached hydrogens (tertiary/aromatic N) is 3. The van der Waals surface area contributed by atoms with Crippen molar-refractivity contribution >= 4 is 40.2 Å². The molecule has 0 aliphatic heterocycles. The van der Waals surface area contributed by atoms with E-state index in [1.54, 1.807) is 35.2 Å². The highest BCUT2D eigenvalue weighted by Crippen LogP contribution is 2.24. The number of hydrogen-bond acceptors (Lipinski definition) is 6. The standard InChI is InChI=1S/C22H21N5O3S/c1-14(19-11-16-5-3-4-6-18(16)30-19)24-21(29)15-7-9-17(10-8-15)25-20(28)12-31-22-26-23-13-27(22)2/h3-11,13-14H,12H2,1-2H3,(H,24,29)(H,25,28)/t14-/m1/s1. The molecular weight excluding hydrogens is 414 g/mol. The lowest BCUT2D eigenvalue weighted by atomic mass is 10.1. The summed E-state index contributed by atoms with van der Waals surface area (Å²) >= 11 is 1.30. The van der Waals surface area contributed by atoms with Crippen LogP contribution < -0.4 is 10.6 Å². The first kappa shape index (κ1) is 20.7. The number of anilines is 1. The molecule has 0 saturated carbocycles. The lowest BCUT2D eigenvalue weighted by Crippen LogP contribution is -2.26. The number of aryl methyl sites for hydroxylation is 1. The summed E-state index contributed by atoms with van der Waals surface area (Å²) in [5.74, 6) is 0.523. The van der Waals surface area contributed by atoms with Crippen LogP contribution >= 0.6 is 11.8 Å². The van der Waals surface area contributed by atoms with Gasteiger partial charge < -0.3 is 19.6 Å². The third-order valence-corrected chi connectivity index (χ3v) is 5.69. The normalized spacial score (nSPS) is 11.9. The van der Waals surface area contributed by atoms with E-state index < -0.39 is 0 Å². The second-order valence-electron chi connectivity index (χ2n) is 7.02. The molecule has 0 radical (unpaired) electrons. The van der Waals surface area contributed by atoms with Gasteiger partial charge in [0.1, 0.15) is 17.7 Å². The van der Waals surface area contributed by atoms with Crippen LogP contribution in [-0.2, 0) is 11.8 Å². The monoisotopic (exact) mass is 435 g/mol.